The first-order chi connectivity index (χ1) is 8.75. The predicted molar refractivity (Wildman–Crippen MR) is 92.5 cm³/mol. The summed E-state index contributed by atoms with van der Waals surface area (Å²) in [5.41, 5.74) is 7.20. The summed E-state index contributed by atoms with van der Waals surface area (Å²) < 4.78 is 0. The molecule has 2 rings (SSSR count). The van der Waals surface area contributed by atoms with Gasteiger partial charge in [-0.05, 0) is 43.4 Å². The van der Waals surface area contributed by atoms with E-state index >= 15 is 0 Å². The number of benzene rings is 1. The fourth-order valence-electron chi connectivity index (χ4n) is 2.22. The number of rotatable bonds is 3. The third-order valence-electron chi connectivity index (χ3n) is 3.24. The molecule has 106 valence electrons. The summed E-state index contributed by atoms with van der Waals surface area (Å²) in [5.74, 6) is 0.691. The standard InChI is InChI=1S/C14H20ClN3.HI/c15-13-6-4-5-12(11-13)7-8-17-14(16)18-9-2-1-3-10-18;/h4-6,11H,1-3,7-10H2,(H2,16,17);1H. The van der Waals surface area contributed by atoms with Gasteiger partial charge >= 0.3 is 0 Å². The predicted octanol–water partition coefficient (Wildman–Crippen LogP) is 3.30. The second-order valence-electron chi connectivity index (χ2n) is 4.67. The molecule has 0 atom stereocenters. The normalized spacial score (nSPS) is 16.1. The van der Waals surface area contributed by atoms with Crippen molar-refractivity contribution >= 4 is 41.5 Å². The molecule has 1 aromatic rings. The van der Waals surface area contributed by atoms with Crippen LogP contribution in [0.3, 0.4) is 0 Å². The fraction of sp³-hybridized carbons (Fsp3) is 0.500. The molecule has 3 nitrogen and oxygen atoms in total. The van der Waals surface area contributed by atoms with Gasteiger partial charge in [0.15, 0.2) is 5.96 Å². The Kier molecular flexibility index (Phi) is 7.53. The van der Waals surface area contributed by atoms with E-state index in [1.54, 1.807) is 0 Å². The maximum absolute atomic E-state index is 5.99. The number of halogens is 2. The van der Waals surface area contributed by atoms with E-state index in [-0.39, 0.29) is 24.0 Å². The topological polar surface area (TPSA) is 41.6 Å². The van der Waals surface area contributed by atoms with Gasteiger partial charge in [0.1, 0.15) is 0 Å². The van der Waals surface area contributed by atoms with E-state index in [4.69, 9.17) is 17.3 Å². The Morgan fingerprint density at radius 1 is 1.26 bits per heavy atom. The van der Waals surface area contributed by atoms with Crippen LogP contribution < -0.4 is 5.73 Å². The minimum atomic E-state index is 0. The van der Waals surface area contributed by atoms with Crippen LogP contribution in [0.4, 0.5) is 0 Å². The molecule has 0 bridgehead atoms. The van der Waals surface area contributed by atoms with Crippen LogP contribution in [-0.4, -0.2) is 30.5 Å². The summed E-state index contributed by atoms with van der Waals surface area (Å²) in [6.45, 7) is 2.82. The van der Waals surface area contributed by atoms with Crippen molar-refractivity contribution < 1.29 is 0 Å². The van der Waals surface area contributed by atoms with Crippen LogP contribution in [-0.2, 0) is 6.42 Å². The fourth-order valence-corrected chi connectivity index (χ4v) is 2.43. The van der Waals surface area contributed by atoms with Crippen LogP contribution in [0.1, 0.15) is 24.8 Å². The van der Waals surface area contributed by atoms with E-state index in [9.17, 15) is 0 Å². The summed E-state index contributed by atoms with van der Waals surface area (Å²) in [5, 5.41) is 0.778. The van der Waals surface area contributed by atoms with E-state index in [0.717, 1.165) is 31.1 Å². The average Bonchev–Trinajstić information content (AvgIpc) is 2.40. The highest BCUT2D eigenvalue weighted by Crippen LogP contribution is 2.11. The van der Waals surface area contributed by atoms with Gasteiger partial charge in [-0.2, -0.15) is 0 Å². The second kappa shape index (κ2) is 8.64. The zero-order valence-corrected chi connectivity index (χ0v) is 14.1. The lowest BCUT2D eigenvalue weighted by Crippen LogP contribution is -2.41. The number of hydrogen-bond donors (Lipinski definition) is 1. The maximum Gasteiger partial charge on any atom is 0.191 e. The van der Waals surface area contributed by atoms with Crippen LogP contribution in [0.2, 0.25) is 5.02 Å². The Morgan fingerprint density at radius 3 is 2.68 bits per heavy atom. The van der Waals surface area contributed by atoms with Crippen LogP contribution in [0, 0.1) is 0 Å². The summed E-state index contributed by atoms with van der Waals surface area (Å²) in [7, 11) is 0. The van der Waals surface area contributed by atoms with Crippen molar-refractivity contribution in [1.82, 2.24) is 4.90 Å². The molecule has 1 aromatic carbocycles. The lowest BCUT2D eigenvalue weighted by molar-refractivity contribution is 0.338. The number of piperidine rings is 1. The molecule has 0 amide bonds. The van der Waals surface area contributed by atoms with Gasteiger partial charge in [0, 0.05) is 24.7 Å². The van der Waals surface area contributed by atoms with Crippen LogP contribution in [0.5, 0.6) is 0 Å². The minimum absolute atomic E-state index is 0. The zero-order valence-electron chi connectivity index (χ0n) is 11.0. The third-order valence-corrected chi connectivity index (χ3v) is 3.48. The van der Waals surface area contributed by atoms with Crippen molar-refractivity contribution in [3.63, 3.8) is 0 Å². The number of nitrogens with two attached hydrogens (primary N) is 1. The number of likely N-dealkylation sites (tertiary alicyclic amines) is 1. The Bertz CT molecular complexity index is 417. The van der Waals surface area contributed by atoms with Gasteiger partial charge in [0.2, 0.25) is 0 Å². The largest absolute Gasteiger partial charge is 0.370 e. The molecule has 0 radical (unpaired) electrons. The highest BCUT2D eigenvalue weighted by Gasteiger charge is 2.11. The molecule has 1 aliphatic rings. The molecule has 1 saturated heterocycles. The van der Waals surface area contributed by atoms with Crippen LogP contribution >= 0.6 is 35.6 Å². The third kappa shape index (κ3) is 5.57. The molecule has 1 aliphatic heterocycles. The molecule has 1 fully saturated rings. The highest BCUT2D eigenvalue weighted by atomic mass is 127. The van der Waals surface area contributed by atoms with Crippen molar-refractivity contribution in [1.29, 1.82) is 0 Å². The SMILES string of the molecule is I.NC(=NCCc1cccc(Cl)c1)N1CCCCC1. The van der Waals surface area contributed by atoms with Gasteiger partial charge in [-0.25, -0.2) is 0 Å². The molecule has 0 aromatic heterocycles. The van der Waals surface area contributed by atoms with E-state index in [1.807, 2.05) is 18.2 Å². The van der Waals surface area contributed by atoms with Gasteiger partial charge in [-0.3, -0.25) is 4.99 Å². The van der Waals surface area contributed by atoms with Crippen LogP contribution in [0.25, 0.3) is 0 Å². The molecule has 0 spiro atoms. The Hall–Kier alpha value is -0.490. The molecule has 5 heteroatoms. The average molecular weight is 394 g/mol. The van der Waals surface area contributed by atoms with Gasteiger partial charge in [-0.1, -0.05) is 23.7 Å². The van der Waals surface area contributed by atoms with E-state index < -0.39 is 0 Å². The minimum Gasteiger partial charge on any atom is -0.370 e. The lowest BCUT2D eigenvalue weighted by Gasteiger charge is -2.27. The first kappa shape index (κ1) is 16.6. The Morgan fingerprint density at radius 2 is 2.00 bits per heavy atom. The van der Waals surface area contributed by atoms with Crippen LogP contribution in [0.15, 0.2) is 29.3 Å². The molecule has 2 N–H and O–H groups in total. The zero-order chi connectivity index (χ0) is 12.8. The first-order valence-electron chi connectivity index (χ1n) is 6.55. The molecule has 0 aliphatic carbocycles. The van der Waals surface area contributed by atoms with Gasteiger partial charge in [-0.15, -0.1) is 24.0 Å². The maximum atomic E-state index is 5.99. The smallest absolute Gasteiger partial charge is 0.191 e. The summed E-state index contributed by atoms with van der Waals surface area (Å²) in [6.07, 6.45) is 4.65. The number of hydrogen-bond acceptors (Lipinski definition) is 1. The second-order valence-corrected chi connectivity index (χ2v) is 5.10. The summed E-state index contributed by atoms with van der Waals surface area (Å²) in [4.78, 5) is 6.63. The Labute approximate surface area is 137 Å². The van der Waals surface area contributed by atoms with Gasteiger partial charge in [0.25, 0.3) is 0 Å². The molecule has 0 unspecified atom stereocenters. The number of guanidine groups is 1. The summed E-state index contributed by atoms with van der Waals surface area (Å²) >= 11 is 5.94. The quantitative estimate of drug-likeness (QED) is 0.486. The lowest BCUT2D eigenvalue weighted by atomic mass is 10.1. The molecular weight excluding hydrogens is 373 g/mol. The van der Waals surface area contributed by atoms with E-state index in [2.05, 4.69) is 16.0 Å². The van der Waals surface area contributed by atoms with Crippen molar-refractivity contribution in [2.24, 2.45) is 10.7 Å². The first-order valence-corrected chi connectivity index (χ1v) is 6.93. The van der Waals surface area contributed by atoms with E-state index in [1.165, 1.54) is 24.8 Å². The van der Waals surface area contributed by atoms with Gasteiger partial charge < -0.3 is 10.6 Å². The number of nitrogens with zero attached hydrogens (tertiary/aromatic N) is 2. The molecule has 0 saturated carbocycles. The van der Waals surface area contributed by atoms with E-state index in [0.29, 0.717) is 5.96 Å². The van der Waals surface area contributed by atoms with Crippen molar-refractivity contribution in [2.45, 2.75) is 25.7 Å². The van der Waals surface area contributed by atoms with Crippen molar-refractivity contribution in [2.75, 3.05) is 19.6 Å². The highest BCUT2D eigenvalue weighted by molar-refractivity contribution is 14.0. The van der Waals surface area contributed by atoms with Crippen molar-refractivity contribution in [3.05, 3.63) is 34.9 Å². The molecular formula is C14H21ClIN3. The number of aliphatic imine (C=N–C) groups is 1. The summed E-state index contributed by atoms with van der Waals surface area (Å²) in [6, 6.07) is 7.90. The van der Waals surface area contributed by atoms with Crippen molar-refractivity contribution in [3.8, 4) is 0 Å². The molecule has 19 heavy (non-hydrogen) atoms. The molecule has 1 heterocycles. The Balaban J connectivity index is 0.00000180. The van der Waals surface area contributed by atoms with Gasteiger partial charge in [0.05, 0.1) is 0 Å². The monoisotopic (exact) mass is 393 g/mol.